The Morgan fingerprint density at radius 2 is 2.14 bits per heavy atom. The summed E-state index contributed by atoms with van der Waals surface area (Å²) in [7, 11) is 0. The largest absolute Gasteiger partial charge is 0.493 e. The summed E-state index contributed by atoms with van der Waals surface area (Å²) in [6.45, 7) is 6.81. The van der Waals surface area contributed by atoms with Gasteiger partial charge in [-0.3, -0.25) is 0 Å². The number of hydrogen-bond donors (Lipinski definition) is 2. The molecule has 122 valence electrons. The number of aliphatic hydroxyl groups is 1. The molecule has 1 heterocycles. The predicted octanol–water partition coefficient (Wildman–Crippen LogP) is 2.10. The highest BCUT2D eigenvalue weighted by Gasteiger charge is 2.25. The van der Waals surface area contributed by atoms with Crippen LogP contribution < -0.4 is 10.1 Å². The van der Waals surface area contributed by atoms with Crippen molar-refractivity contribution in [1.29, 1.82) is 0 Å². The minimum atomic E-state index is -0.0389. The fourth-order valence-electron chi connectivity index (χ4n) is 2.75. The summed E-state index contributed by atoms with van der Waals surface area (Å²) in [4.78, 5) is 13.7. The molecule has 0 bridgehead atoms. The first kappa shape index (κ1) is 16.6. The predicted molar refractivity (Wildman–Crippen MR) is 86.2 cm³/mol. The molecule has 1 saturated heterocycles. The molecule has 1 fully saturated rings. The molecular formula is C17H26N2O3. The smallest absolute Gasteiger partial charge is 0.317 e. The summed E-state index contributed by atoms with van der Waals surface area (Å²) in [6, 6.07) is 6.06. The van der Waals surface area contributed by atoms with Crippen LogP contribution >= 0.6 is 0 Å². The maximum Gasteiger partial charge on any atom is 0.317 e. The maximum atomic E-state index is 11.9. The Kier molecular flexibility index (Phi) is 6.07. The van der Waals surface area contributed by atoms with Gasteiger partial charge in [-0.15, -0.1) is 0 Å². The van der Waals surface area contributed by atoms with E-state index in [0.29, 0.717) is 19.7 Å². The summed E-state index contributed by atoms with van der Waals surface area (Å²) >= 11 is 0. The minimum absolute atomic E-state index is 0.0389. The van der Waals surface area contributed by atoms with Gasteiger partial charge < -0.3 is 20.1 Å². The number of carbonyl (C=O) groups excluding carboxylic acids is 1. The first-order valence-corrected chi connectivity index (χ1v) is 7.94. The fraction of sp³-hybridized carbons (Fsp3) is 0.588. The summed E-state index contributed by atoms with van der Waals surface area (Å²) in [6.07, 6.45) is 1.66. The SMILES string of the molecule is Cc1cccc(C)c1OCCCNC(=O)N1CCC(CO)C1. The van der Waals surface area contributed by atoms with Crippen LogP contribution in [0, 0.1) is 19.8 Å². The summed E-state index contributed by atoms with van der Waals surface area (Å²) in [5.74, 6) is 1.18. The number of likely N-dealkylation sites (tertiary alicyclic amines) is 1. The van der Waals surface area contributed by atoms with Crippen molar-refractivity contribution >= 4 is 6.03 Å². The van der Waals surface area contributed by atoms with Gasteiger partial charge in [-0.2, -0.15) is 0 Å². The van der Waals surface area contributed by atoms with Crippen LogP contribution in [0.1, 0.15) is 24.0 Å². The number of para-hydroxylation sites is 1. The molecule has 22 heavy (non-hydrogen) atoms. The molecule has 1 aliphatic rings. The van der Waals surface area contributed by atoms with Crippen LogP contribution in [-0.4, -0.2) is 48.9 Å². The van der Waals surface area contributed by atoms with Crippen LogP contribution in [-0.2, 0) is 0 Å². The number of aliphatic hydroxyl groups excluding tert-OH is 1. The van der Waals surface area contributed by atoms with Gasteiger partial charge in [0.25, 0.3) is 0 Å². The zero-order valence-electron chi connectivity index (χ0n) is 13.5. The monoisotopic (exact) mass is 306 g/mol. The van der Waals surface area contributed by atoms with E-state index < -0.39 is 0 Å². The van der Waals surface area contributed by atoms with Crippen molar-refractivity contribution in [3.8, 4) is 5.75 Å². The van der Waals surface area contributed by atoms with Gasteiger partial charge in [-0.25, -0.2) is 4.79 Å². The summed E-state index contributed by atoms with van der Waals surface area (Å²) < 4.78 is 5.81. The van der Waals surface area contributed by atoms with Crippen molar-refractivity contribution in [3.63, 3.8) is 0 Å². The quantitative estimate of drug-likeness (QED) is 0.791. The van der Waals surface area contributed by atoms with Gasteiger partial charge in [0.05, 0.1) is 6.61 Å². The maximum absolute atomic E-state index is 11.9. The molecule has 2 N–H and O–H groups in total. The number of nitrogens with zero attached hydrogens (tertiary/aromatic N) is 1. The lowest BCUT2D eigenvalue weighted by atomic mass is 10.1. The van der Waals surface area contributed by atoms with E-state index in [0.717, 1.165) is 36.3 Å². The molecule has 0 spiro atoms. The molecular weight excluding hydrogens is 280 g/mol. The second kappa shape index (κ2) is 8.03. The van der Waals surface area contributed by atoms with Crippen LogP contribution in [0.4, 0.5) is 4.79 Å². The van der Waals surface area contributed by atoms with Gasteiger partial charge in [0.1, 0.15) is 5.75 Å². The topological polar surface area (TPSA) is 61.8 Å². The van der Waals surface area contributed by atoms with Gasteiger partial charge in [0, 0.05) is 32.2 Å². The van der Waals surface area contributed by atoms with Crippen molar-refractivity contribution in [1.82, 2.24) is 10.2 Å². The van der Waals surface area contributed by atoms with Gasteiger partial charge >= 0.3 is 6.03 Å². The second-order valence-electron chi connectivity index (χ2n) is 5.94. The van der Waals surface area contributed by atoms with Crippen molar-refractivity contribution in [2.24, 2.45) is 5.92 Å². The molecule has 0 aliphatic carbocycles. The third-order valence-corrected chi connectivity index (χ3v) is 4.08. The van der Waals surface area contributed by atoms with Gasteiger partial charge in [0.15, 0.2) is 0 Å². The molecule has 2 amide bonds. The second-order valence-corrected chi connectivity index (χ2v) is 5.94. The van der Waals surface area contributed by atoms with Crippen molar-refractivity contribution < 1.29 is 14.6 Å². The summed E-state index contributed by atoms with van der Waals surface area (Å²) in [5.41, 5.74) is 2.27. The lowest BCUT2D eigenvalue weighted by Gasteiger charge is -2.17. The highest BCUT2D eigenvalue weighted by atomic mass is 16.5. The Morgan fingerprint density at radius 3 is 2.77 bits per heavy atom. The molecule has 2 rings (SSSR count). The number of nitrogens with one attached hydrogen (secondary N) is 1. The van der Waals surface area contributed by atoms with Crippen LogP contribution in [0.3, 0.4) is 0 Å². The van der Waals surface area contributed by atoms with Crippen LogP contribution in [0.5, 0.6) is 5.75 Å². The minimum Gasteiger partial charge on any atom is -0.493 e. The highest BCUT2D eigenvalue weighted by molar-refractivity contribution is 5.74. The first-order chi connectivity index (χ1) is 10.6. The molecule has 0 saturated carbocycles. The van der Waals surface area contributed by atoms with Crippen LogP contribution in [0.25, 0.3) is 0 Å². The summed E-state index contributed by atoms with van der Waals surface area (Å²) in [5, 5.41) is 12.0. The number of urea groups is 1. The number of benzene rings is 1. The van der Waals surface area contributed by atoms with Gasteiger partial charge in [-0.1, -0.05) is 18.2 Å². The van der Waals surface area contributed by atoms with Crippen molar-refractivity contribution in [3.05, 3.63) is 29.3 Å². The molecule has 5 nitrogen and oxygen atoms in total. The third kappa shape index (κ3) is 4.37. The van der Waals surface area contributed by atoms with Gasteiger partial charge in [-0.05, 0) is 37.8 Å². The molecule has 0 radical (unpaired) electrons. The van der Waals surface area contributed by atoms with Crippen molar-refractivity contribution in [2.75, 3.05) is 32.8 Å². The lowest BCUT2D eigenvalue weighted by Crippen LogP contribution is -2.39. The number of rotatable bonds is 6. The Hall–Kier alpha value is -1.75. The molecule has 1 unspecified atom stereocenters. The Balaban J connectivity index is 1.64. The van der Waals surface area contributed by atoms with Gasteiger partial charge in [0.2, 0.25) is 0 Å². The zero-order valence-corrected chi connectivity index (χ0v) is 13.5. The Labute approximate surface area is 132 Å². The normalized spacial score (nSPS) is 17.6. The Bertz CT molecular complexity index is 484. The fourth-order valence-corrected chi connectivity index (χ4v) is 2.75. The number of hydrogen-bond acceptors (Lipinski definition) is 3. The molecule has 1 atom stereocenters. The lowest BCUT2D eigenvalue weighted by molar-refractivity contribution is 0.197. The van der Waals surface area contributed by atoms with Crippen molar-refractivity contribution in [2.45, 2.75) is 26.7 Å². The molecule has 1 aromatic rings. The van der Waals surface area contributed by atoms with E-state index >= 15 is 0 Å². The standard InChI is InChI=1S/C17H26N2O3/c1-13-5-3-6-14(2)16(13)22-10-4-8-18-17(21)19-9-7-15(11-19)12-20/h3,5-6,15,20H,4,7-12H2,1-2H3,(H,18,21). The van der Waals surface area contributed by atoms with E-state index in [1.165, 1.54) is 0 Å². The molecule has 1 aromatic carbocycles. The number of aryl methyl sites for hydroxylation is 2. The third-order valence-electron chi connectivity index (χ3n) is 4.08. The highest BCUT2D eigenvalue weighted by Crippen LogP contribution is 2.22. The van der Waals surface area contributed by atoms with E-state index in [4.69, 9.17) is 9.84 Å². The van der Waals surface area contributed by atoms with E-state index in [-0.39, 0.29) is 18.6 Å². The average Bonchev–Trinajstić information content (AvgIpc) is 2.98. The molecule has 5 heteroatoms. The number of ether oxygens (including phenoxy) is 1. The van der Waals surface area contributed by atoms with Crippen LogP contribution in [0.2, 0.25) is 0 Å². The molecule has 0 aromatic heterocycles. The number of amides is 2. The molecule has 1 aliphatic heterocycles. The van der Waals surface area contributed by atoms with Crippen LogP contribution in [0.15, 0.2) is 18.2 Å². The van der Waals surface area contributed by atoms with E-state index in [1.807, 2.05) is 32.0 Å². The van der Waals surface area contributed by atoms with E-state index in [9.17, 15) is 4.79 Å². The number of carbonyl (C=O) groups is 1. The first-order valence-electron chi connectivity index (χ1n) is 7.94. The Morgan fingerprint density at radius 1 is 1.41 bits per heavy atom. The zero-order chi connectivity index (χ0) is 15.9. The van der Waals surface area contributed by atoms with E-state index in [2.05, 4.69) is 5.32 Å². The average molecular weight is 306 g/mol. The van der Waals surface area contributed by atoms with E-state index in [1.54, 1.807) is 4.90 Å².